The van der Waals surface area contributed by atoms with Gasteiger partial charge in [-0.1, -0.05) is 48.0 Å². The van der Waals surface area contributed by atoms with Crippen molar-refractivity contribution in [1.29, 1.82) is 0 Å². The third-order valence-corrected chi connectivity index (χ3v) is 10.1. The van der Waals surface area contributed by atoms with E-state index in [4.69, 9.17) is 4.74 Å². The number of thioether (sulfide) groups is 1. The summed E-state index contributed by atoms with van der Waals surface area (Å²) < 4.78 is 36.2. The lowest BCUT2D eigenvalue weighted by molar-refractivity contribution is -0.143. The average Bonchev–Trinajstić information content (AvgIpc) is 3.22. The average molecular weight is 586 g/mol. The van der Waals surface area contributed by atoms with E-state index in [2.05, 4.69) is 9.71 Å². The number of carbonyl (C=O) groups is 1. The Morgan fingerprint density at radius 2 is 1.79 bits per heavy atom. The van der Waals surface area contributed by atoms with Crippen LogP contribution in [-0.2, 0) is 26.0 Å². The van der Waals surface area contributed by atoms with Crippen molar-refractivity contribution in [3.8, 4) is 5.69 Å². The first-order chi connectivity index (χ1) is 18.7. The summed E-state index contributed by atoms with van der Waals surface area (Å²) in [6.45, 7) is 5.88. The zero-order chi connectivity index (χ0) is 28.0. The molecule has 2 aromatic rings. The summed E-state index contributed by atoms with van der Waals surface area (Å²) in [4.78, 5) is 30.0. The third-order valence-electron chi connectivity index (χ3n) is 6.08. The minimum Gasteiger partial charge on any atom is -0.466 e. The summed E-state index contributed by atoms with van der Waals surface area (Å²) in [5, 5.41) is 0. The van der Waals surface area contributed by atoms with Gasteiger partial charge in [-0.2, -0.15) is 4.98 Å². The minimum atomic E-state index is -3.96. The second-order valence-electron chi connectivity index (χ2n) is 9.02. The standard InChI is InChI=1S/C28H31N3O5S3/c1-4-36-24(32)12-8-9-17-37-27-25-26(30-39(34,35)22-15-13-19(2)14-16-22)29-28(33)31(25)20(3)23(38-27)18-21-10-6-5-7-11-21/h5-7,10-11,13-16H,4,8-9,12,17-18H2,1-3H3,(H,29,30,33). The summed E-state index contributed by atoms with van der Waals surface area (Å²) in [5.41, 5.74) is 2.69. The quantitative estimate of drug-likeness (QED) is 0.132. The molecule has 0 atom stereocenters. The minimum absolute atomic E-state index is 0.0141. The molecule has 0 bridgehead atoms. The van der Waals surface area contributed by atoms with Crippen molar-refractivity contribution in [3.05, 3.63) is 86.8 Å². The van der Waals surface area contributed by atoms with Gasteiger partial charge in [0.25, 0.3) is 10.0 Å². The van der Waals surface area contributed by atoms with E-state index in [-0.39, 0.29) is 16.7 Å². The van der Waals surface area contributed by atoms with Crippen LogP contribution in [0, 0.1) is 13.8 Å². The highest BCUT2D eigenvalue weighted by Gasteiger charge is 2.27. The van der Waals surface area contributed by atoms with E-state index < -0.39 is 15.7 Å². The maximum absolute atomic E-state index is 13.2. The summed E-state index contributed by atoms with van der Waals surface area (Å²) in [7, 11) is -3.96. The van der Waals surface area contributed by atoms with Crippen LogP contribution in [-0.4, -0.2) is 36.3 Å². The Bertz CT molecular complexity index is 1560. The molecule has 0 amide bonds. The highest BCUT2D eigenvalue weighted by Crippen LogP contribution is 2.39. The molecule has 0 aliphatic carbocycles. The predicted octanol–water partition coefficient (Wildman–Crippen LogP) is 5.57. The van der Waals surface area contributed by atoms with E-state index in [1.54, 1.807) is 19.1 Å². The lowest BCUT2D eigenvalue weighted by Crippen LogP contribution is -2.18. The fourth-order valence-corrected chi connectivity index (χ4v) is 7.69. The summed E-state index contributed by atoms with van der Waals surface area (Å²) >= 11 is 3.07. The first-order valence-corrected chi connectivity index (χ1v) is 15.9. The molecule has 2 aliphatic heterocycles. The van der Waals surface area contributed by atoms with Crippen LogP contribution in [0.5, 0.6) is 0 Å². The molecule has 11 heteroatoms. The maximum atomic E-state index is 13.2. The van der Waals surface area contributed by atoms with Crippen LogP contribution < -0.4 is 10.4 Å². The van der Waals surface area contributed by atoms with Crippen LogP contribution in [0.3, 0.4) is 0 Å². The molecular formula is C28H31N3O5S3. The molecule has 0 saturated carbocycles. The number of fused-ring (bicyclic) bond motifs is 1. The van der Waals surface area contributed by atoms with Crippen LogP contribution in [0.25, 0.3) is 5.69 Å². The number of sulfonamides is 1. The van der Waals surface area contributed by atoms with Gasteiger partial charge in [-0.3, -0.25) is 14.1 Å². The van der Waals surface area contributed by atoms with Crippen LogP contribution in [0.2, 0.25) is 0 Å². The van der Waals surface area contributed by atoms with Gasteiger partial charge in [-0.05, 0) is 57.1 Å². The van der Waals surface area contributed by atoms with E-state index in [0.717, 1.165) is 32.3 Å². The molecule has 206 valence electrons. The zero-order valence-corrected chi connectivity index (χ0v) is 24.5. The van der Waals surface area contributed by atoms with Gasteiger partial charge >= 0.3 is 11.7 Å². The molecule has 0 aromatic heterocycles. The largest absolute Gasteiger partial charge is 0.466 e. The lowest BCUT2D eigenvalue weighted by Gasteiger charge is -2.17. The van der Waals surface area contributed by atoms with Crippen LogP contribution in [0.15, 0.2) is 68.5 Å². The number of aromatic nitrogens is 2. The van der Waals surface area contributed by atoms with Gasteiger partial charge in [0.2, 0.25) is 0 Å². The lowest BCUT2D eigenvalue weighted by atomic mass is 10.1. The van der Waals surface area contributed by atoms with Gasteiger partial charge < -0.3 is 4.74 Å². The summed E-state index contributed by atoms with van der Waals surface area (Å²) in [6.07, 6.45) is 2.41. The Hall–Kier alpha value is -3.15. The van der Waals surface area contributed by atoms with E-state index in [9.17, 15) is 18.0 Å². The van der Waals surface area contributed by atoms with Gasteiger partial charge in [0, 0.05) is 23.4 Å². The molecule has 0 saturated heterocycles. The van der Waals surface area contributed by atoms with Crippen molar-refractivity contribution in [3.63, 3.8) is 0 Å². The highest BCUT2D eigenvalue weighted by atomic mass is 32.2. The molecule has 0 radical (unpaired) electrons. The van der Waals surface area contributed by atoms with Crippen molar-refractivity contribution in [2.45, 2.75) is 55.6 Å². The SMILES string of the molecule is CCOC(=O)CCCCSc1sc(Cc2ccccc2)c(C)n2c(=O)nc(NS(=O)(=O)c3ccc(C)cc3)c1-2. The number of anilines is 1. The number of nitrogens with zero attached hydrogens (tertiary/aromatic N) is 2. The fraction of sp³-hybridized carbons (Fsp3) is 0.321. The maximum Gasteiger partial charge on any atom is 0.354 e. The number of aryl methyl sites for hydroxylation is 1. The van der Waals surface area contributed by atoms with E-state index in [1.165, 1.54) is 39.8 Å². The number of nitrogens with one attached hydrogen (secondary N) is 1. The van der Waals surface area contributed by atoms with Crippen molar-refractivity contribution in [2.24, 2.45) is 0 Å². The smallest absolute Gasteiger partial charge is 0.354 e. The Morgan fingerprint density at radius 3 is 2.49 bits per heavy atom. The molecule has 39 heavy (non-hydrogen) atoms. The number of benzene rings is 2. The van der Waals surface area contributed by atoms with E-state index >= 15 is 0 Å². The molecule has 2 aromatic carbocycles. The molecule has 0 unspecified atom stereocenters. The summed E-state index contributed by atoms with van der Waals surface area (Å²) in [6, 6.07) is 16.5. The van der Waals surface area contributed by atoms with Crippen LogP contribution in [0.4, 0.5) is 5.82 Å². The Balaban J connectivity index is 1.68. The van der Waals surface area contributed by atoms with Crippen LogP contribution in [0.1, 0.15) is 47.9 Å². The molecule has 8 nitrogen and oxygen atoms in total. The van der Waals surface area contributed by atoms with Gasteiger partial charge in [-0.25, -0.2) is 13.2 Å². The number of unbranched alkanes of at least 4 members (excludes halogenated alkanes) is 1. The van der Waals surface area contributed by atoms with Gasteiger partial charge in [0.1, 0.15) is 5.69 Å². The molecule has 0 fully saturated rings. The van der Waals surface area contributed by atoms with Crippen molar-refractivity contribution < 1.29 is 17.9 Å². The molecule has 2 aliphatic rings. The van der Waals surface area contributed by atoms with Gasteiger partial charge in [0.15, 0.2) is 5.82 Å². The first-order valence-electron chi connectivity index (χ1n) is 12.7. The zero-order valence-electron chi connectivity index (χ0n) is 22.1. The molecule has 0 spiro atoms. The molecule has 2 heterocycles. The topological polar surface area (TPSA) is 107 Å². The van der Waals surface area contributed by atoms with Crippen LogP contribution >= 0.6 is 23.1 Å². The number of hydrogen-bond acceptors (Lipinski definition) is 8. The molecular weight excluding hydrogens is 555 g/mol. The number of hydrogen-bond donors (Lipinski definition) is 1. The number of carbonyl (C=O) groups excluding carboxylic acids is 1. The Morgan fingerprint density at radius 1 is 1.08 bits per heavy atom. The first kappa shape index (κ1) is 28.8. The predicted molar refractivity (Wildman–Crippen MR) is 156 cm³/mol. The molecule has 1 N–H and O–H groups in total. The fourth-order valence-electron chi connectivity index (χ4n) is 4.05. The van der Waals surface area contributed by atoms with Gasteiger partial charge in [-0.15, -0.1) is 23.1 Å². The Kier molecular flexibility index (Phi) is 9.47. The van der Waals surface area contributed by atoms with Crippen molar-refractivity contribution >= 4 is 44.9 Å². The number of imidazole rings is 1. The summed E-state index contributed by atoms with van der Waals surface area (Å²) in [5.74, 6) is 0.483. The van der Waals surface area contributed by atoms with Gasteiger partial charge in [0.05, 0.1) is 15.7 Å². The second-order valence-corrected chi connectivity index (χ2v) is 13.2. The normalized spacial score (nSPS) is 11.6. The third kappa shape index (κ3) is 7.09. The van der Waals surface area contributed by atoms with Crippen molar-refractivity contribution in [2.75, 3.05) is 17.1 Å². The highest BCUT2D eigenvalue weighted by molar-refractivity contribution is 8.01. The monoisotopic (exact) mass is 585 g/mol. The van der Waals surface area contributed by atoms with Crippen molar-refractivity contribution in [1.82, 2.24) is 9.55 Å². The Labute approximate surface area is 236 Å². The second kappa shape index (κ2) is 12.8. The van der Waals surface area contributed by atoms with E-state index in [0.29, 0.717) is 37.3 Å². The number of ether oxygens (including phenoxy) is 1. The number of esters is 1. The van der Waals surface area contributed by atoms with E-state index in [1.807, 2.05) is 44.2 Å². The molecule has 4 rings (SSSR count). The number of rotatable bonds is 12.